The number of hydrogen-bond donors (Lipinski definition) is 0. The number of rotatable bonds is 6. The second kappa shape index (κ2) is 7.07. The molecule has 0 atom stereocenters. The Bertz CT molecular complexity index is 557. The number of nitrogens with zero attached hydrogens (tertiary/aromatic N) is 2. The Labute approximate surface area is 132 Å². The predicted octanol–water partition coefficient (Wildman–Crippen LogP) is 3.35. The summed E-state index contributed by atoms with van der Waals surface area (Å²) in [5, 5.41) is 0. The molecule has 0 aliphatic carbocycles. The molecule has 0 N–H and O–H groups in total. The first-order valence-electron chi connectivity index (χ1n) is 8.05. The zero-order valence-corrected chi connectivity index (χ0v) is 13.2. The minimum Gasteiger partial charge on any atom is -0.350 e. The van der Waals surface area contributed by atoms with Gasteiger partial charge in [0.2, 0.25) is 0 Å². The highest BCUT2D eigenvalue weighted by Crippen LogP contribution is 2.29. The summed E-state index contributed by atoms with van der Waals surface area (Å²) in [4.78, 5) is 4.09. The highest BCUT2D eigenvalue weighted by atomic mass is 16.7. The number of ether oxygens (including phenoxy) is 2. The van der Waals surface area contributed by atoms with E-state index in [1.807, 2.05) is 18.7 Å². The van der Waals surface area contributed by atoms with Crippen molar-refractivity contribution < 1.29 is 9.47 Å². The molecule has 1 aromatic heterocycles. The number of aromatic nitrogens is 2. The molecule has 0 saturated carbocycles. The number of aryl methyl sites for hydroxylation is 3. The van der Waals surface area contributed by atoms with Gasteiger partial charge in [0.1, 0.15) is 0 Å². The molecule has 1 aliphatic heterocycles. The van der Waals surface area contributed by atoms with Crippen LogP contribution in [0.25, 0.3) is 0 Å². The van der Waals surface area contributed by atoms with Crippen LogP contribution in [0.3, 0.4) is 0 Å². The van der Waals surface area contributed by atoms with E-state index in [0.717, 1.165) is 45.4 Å². The Morgan fingerprint density at radius 3 is 2.59 bits per heavy atom. The lowest BCUT2D eigenvalue weighted by Gasteiger charge is -2.37. The Morgan fingerprint density at radius 1 is 1.14 bits per heavy atom. The van der Waals surface area contributed by atoms with E-state index in [-0.39, 0.29) is 0 Å². The third kappa shape index (κ3) is 3.96. The maximum Gasteiger partial charge on any atom is 0.170 e. The van der Waals surface area contributed by atoms with Gasteiger partial charge in [0.15, 0.2) is 5.79 Å². The molecular formula is C18H24N2O2. The average molecular weight is 300 g/mol. The maximum atomic E-state index is 6.05. The van der Waals surface area contributed by atoms with Gasteiger partial charge in [-0.15, -0.1) is 0 Å². The van der Waals surface area contributed by atoms with E-state index in [0.29, 0.717) is 0 Å². The fourth-order valence-corrected chi connectivity index (χ4v) is 2.84. The summed E-state index contributed by atoms with van der Waals surface area (Å²) in [5.74, 6) is -0.451. The third-order valence-electron chi connectivity index (χ3n) is 4.24. The minimum absolute atomic E-state index is 0.451. The lowest BCUT2D eigenvalue weighted by Crippen LogP contribution is -2.42. The molecule has 1 saturated heterocycles. The van der Waals surface area contributed by atoms with Crippen molar-refractivity contribution in [3.8, 4) is 0 Å². The van der Waals surface area contributed by atoms with Crippen LogP contribution in [0.15, 0.2) is 43.0 Å². The van der Waals surface area contributed by atoms with Crippen molar-refractivity contribution in [1.82, 2.24) is 9.55 Å². The van der Waals surface area contributed by atoms with Gasteiger partial charge in [0.05, 0.1) is 19.5 Å². The minimum atomic E-state index is -0.451. The summed E-state index contributed by atoms with van der Waals surface area (Å²) in [6.07, 6.45) is 9.34. The van der Waals surface area contributed by atoms with Crippen molar-refractivity contribution in [3.63, 3.8) is 0 Å². The summed E-state index contributed by atoms with van der Waals surface area (Å²) >= 11 is 0. The molecular weight excluding hydrogens is 276 g/mol. The Kier molecular flexibility index (Phi) is 4.90. The van der Waals surface area contributed by atoms with Crippen molar-refractivity contribution >= 4 is 0 Å². The van der Waals surface area contributed by atoms with Gasteiger partial charge in [0, 0.05) is 31.8 Å². The van der Waals surface area contributed by atoms with E-state index in [1.165, 1.54) is 11.1 Å². The summed E-state index contributed by atoms with van der Waals surface area (Å²) < 4.78 is 14.2. The Morgan fingerprint density at radius 2 is 1.91 bits per heavy atom. The van der Waals surface area contributed by atoms with E-state index in [9.17, 15) is 0 Å². The largest absolute Gasteiger partial charge is 0.350 e. The van der Waals surface area contributed by atoms with Crippen LogP contribution in [-0.2, 0) is 22.4 Å². The molecule has 118 valence electrons. The van der Waals surface area contributed by atoms with E-state index in [2.05, 4.69) is 40.7 Å². The second-order valence-electron chi connectivity index (χ2n) is 6.00. The smallest absolute Gasteiger partial charge is 0.170 e. The highest BCUT2D eigenvalue weighted by Gasteiger charge is 2.34. The first-order valence-corrected chi connectivity index (χ1v) is 8.05. The Balaban J connectivity index is 1.62. The zero-order valence-electron chi connectivity index (χ0n) is 13.2. The second-order valence-corrected chi connectivity index (χ2v) is 6.00. The van der Waals surface area contributed by atoms with Crippen molar-refractivity contribution in [3.05, 3.63) is 54.1 Å². The summed E-state index contributed by atoms with van der Waals surface area (Å²) in [7, 11) is 0. The van der Waals surface area contributed by atoms with Crippen LogP contribution in [0, 0.1) is 6.92 Å². The molecule has 0 bridgehead atoms. The molecule has 4 heteroatoms. The Hall–Kier alpha value is -1.65. The van der Waals surface area contributed by atoms with Crippen LogP contribution in [0.1, 0.15) is 30.4 Å². The van der Waals surface area contributed by atoms with E-state index >= 15 is 0 Å². The van der Waals surface area contributed by atoms with Gasteiger partial charge in [-0.25, -0.2) is 4.98 Å². The fraction of sp³-hybridized carbons (Fsp3) is 0.500. The average Bonchev–Trinajstić information content (AvgIpc) is 3.07. The van der Waals surface area contributed by atoms with E-state index < -0.39 is 5.79 Å². The molecule has 22 heavy (non-hydrogen) atoms. The lowest BCUT2D eigenvalue weighted by molar-refractivity contribution is -0.274. The van der Waals surface area contributed by atoms with Gasteiger partial charge in [-0.05, 0) is 25.3 Å². The van der Waals surface area contributed by atoms with Crippen molar-refractivity contribution in [1.29, 1.82) is 0 Å². The molecule has 1 fully saturated rings. The summed E-state index contributed by atoms with van der Waals surface area (Å²) in [6.45, 7) is 4.56. The molecule has 0 radical (unpaired) electrons. The van der Waals surface area contributed by atoms with E-state index in [4.69, 9.17) is 9.47 Å². The maximum absolute atomic E-state index is 6.05. The topological polar surface area (TPSA) is 36.3 Å². The van der Waals surface area contributed by atoms with Gasteiger partial charge >= 0.3 is 0 Å². The standard InChI is InChI=1S/C18H24N2O2/c1-16-3-5-17(6-4-16)7-8-18(21-13-2-14-22-18)9-11-20-12-10-19-15-20/h3-6,10,12,15H,2,7-9,11,13-14H2,1H3. The van der Waals surface area contributed by atoms with Crippen LogP contribution in [0.4, 0.5) is 0 Å². The molecule has 0 amide bonds. The molecule has 1 aromatic carbocycles. The molecule has 2 heterocycles. The normalized spacial score (nSPS) is 17.5. The predicted molar refractivity (Wildman–Crippen MR) is 85.6 cm³/mol. The van der Waals surface area contributed by atoms with Gasteiger partial charge in [-0.2, -0.15) is 0 Å². The SMILES string of the molecule is Cc1ccc(CCC2(CCn3ccnc3)OCCCO2)cc1. The summed E-state index contributed by atoms with van der Waals surface area (Å²) in [6, 6.07) is 8.72. The van der Waals surface area contributed by atoms with Crippen LogP contribution < -0.4 is 0 Å². The third-order valence-corrected chi connectivity index (χ3v) is 4.24. The van der Waals surface area contributed by atoms with Crippen LogP contribution in [0.2, 0.25) is 0 Å². The monoisotopic (exact) mass is 300 g/mol. The number of imidazole rings is 1. The molecule has 1 aliphatic rings. The molecule has 2 aromatic rings. The zero-order chi connectivity index (χ0) is 15.3. The van der Waals surface area contributed by atoms with Crippen LogP contribution in [-0.4, -0.2) is 28.6 Å². The van der Waals surface area contributed by atoms with Crippen molar-refractivity contribution in [2.45, 2.75) is 44.9 Å². The summed E-state index contributed by atoms with van der Waals surface area (Å²) in [5.41, 5.74) is 2.63. The van der Waals surface area contributed by atoms with Gasteiger partial charge in [0.25, 0.3) is 0 Å². The molecule has 3 rings (SSSR count). The van der Waals surface area contributed by atoms with Crippen molar-refractivity contribution in [2.24, 2.45) is 0 Å². The van der Waals surface area contributed by atoms with Crippen LogP contribution >= 0.6 is 0 Å². The van der Waals surface area contributed by atoms with E-state index in [1.54, 1.807) is 0 Å². The molecule has 0 spiro atoms. The number of hydrogen-bond acceptors (Lipinski definition) is 3. The number of benzene rings is 1. The fourth-order valence-electron chi connectivity index (χ4n) is 2.84. The van der Waals surface area contributed by atoms with Crippen LogP contribution in [0.5, 0.6) is 0 Å². The van der Waals surface area contributed by atoms with Gasteiger partial charge < -0.3 is 14.0 Å². The van der Waals surface area contributed by atoms with Crippen molar-refractivity contribution in [2.75, 3.05) is 13.2 Å². The van der Waals surface area contributed by atoms with Gasteiger partial charge in [-0.1, -0.05) is 29.8 Å². The quantitative estimate of drug-likeness (QED) is 0.821. The highest BCUT2D eigenvalue weighted by molar-refractivity contribution is 5.21. The molecule has 0 unspecified atom stereocenters. The lowest BCUT2D eigenvalue weighted by atomic mass is 10.00. The first kappa shape index (κ1) is 15.3. The molecule has 4 nitrogen and oxygen atoms in total. The first-order chi connectivity index (χ1) is 10.8. The van der Waals surface area contributed by atoms with Gasteiger partial charge in [-0.3, -0.25) is 0 Å².